The summed E-state index contributed by atoms with van der Waals surface area (Å²) in [5.41, 5.74) is 2.11. The predicted octanol–water partition coefficient (Wildman–Crippen LogP) is 4.80. The van der Waals surface area contributed by atoms with Gasteiger partial charge < -0.3 is 14.2 Å². The molecule has 4 nitrogen and oxygen atoms in total. The molecule has 122 valence electrons. The Hall–Kier alpha value is -0.410. The first kappa shape index (κ1) is 18.6. The second-order valence-corrected chi connectivity index (χ2v) is 7.14. The molecule has 0 aromatic rings. The average Bonchev–Trinajstić information content (AvgIpc) is 2.44. The van der Waals surface area contributed by atoms with Crippen molar-refractivity contribution in [2.24, 2.45) is 0 Å². The van der Waals surface area contributed by atoms with Crippen LogP contribution in [0, 0.1) is 0 Å². The summed E-state index contributed by atoms with van der Waals surface area (Å²) in [5, 5.41) is 9.82. The summed E-state index contributed by atoms with van der Waals surface area (Å²) in [6.45, 7) is 6.48. The lowest BCUT2D eigenvalue weighted by Crippen LogP contribution is -2.10. The molecule has 5 heteroatoms. The van der Waals surface area contributed by atoms with Crippen molar-refractivity contribution in [2.75, 3.05) is 13.2 Å². The highest BCUT2D eigenvalue weighted by atomic mass is 31.2. The van der Waals surface area contributed by atoms with Gasteiger partial charge in [-0.1, -0.05) is 19.4 Å². The van der Waals surface area contributed by atoms with Crippen molar-refractivity contribution in [1.82, 2.24) is 0 Å². The largest absolute Gasteiger partial charge is 0.389 e. The molecule has 0 amide bonds. The van der Waals surface area contributed by atoms with Crippen LogP contribution in [0.1, 0.15) is 59.3 Å². The first-order chi connectivity index (χ1) is 10.0. The van der Waals surface area contributed by atoms with Crippen LogP contribution in [0.5, 0.6) is 0 Å². The maximum absolute atomic E-state index is 12.7. The van der Waals surface area contributed by atoms with Crippen LogP contribution in [0.25, 0.3) is 0 Å². The van der Waals surface area contributed by atoms with Crippen molar-refractivity contribution < 1.29 is 18.7 Å². The van der Waals surface area contributed by atoms with E-state index in [9.17, 15) is 9.67 Å². The van der Waals surface area contributed by atoms with Crippen molar-refractivity contribution in [3.05, 3.63) is 23.0 Å². The Bertz CT molecular complexity index is 405. The molecule has 1 aliphatic carbocycles. The summed E-state index contributed by atoms with van der Waals surface area (Å²) in [5.74, 6) is 1.68. The average molecular weight is 316 g/mol. The predicted molar refractivity (Wildman–Crippen MR) is 86.4 cm³/mol. The van der Waals surface area contributed by atoms with Gasteiger partial charge in [0.05, 0.1) is 19.3 Å². The van der Waals surface area contributed by atoms with Gasteiger partial charge in [0.2, 0.25) is 0 Å². The quantitative estimate of drug-likeness (QED) is 0.621. The molecule has 1 aliphatic rings. The van der Waals surface area contributed by atoms with Crippen molar-refractivity contribution in [3.63, 3.8) is 0 Å². The van der Waals surface area contributed by atoms with Crippen LogP contribution in [0.3, 0.4) is 0 Å². The summed E-state index contributed by atoms with van der Waals surface area (Å²) < 4.78 is 23.4. The van der Waals surface area contributed by atoms with Crippen LogP contribution in [-0.2, 0) is 13.6 Å². The molecule has 0 heterocycles. The van der Waals surface area contributed by atoms with Crippen LogP contribution in [0.15, 0.2) is 23.0 Å². The summed E-state index contributed by atoms with van der Waals surface area (Å²) >= 11 is 0. The van der Waals surface area contributed by atoms with Crippen LogP contribution >= 0.6 is 7.60 Å². The van der Waals surface area contributed by atoms with E-state index < -0.39 is 13.7 Å². The molecule has 1 atom stereocenters. The molecule has 0 radical (unpaired) electrons. The highest BCUT2D eigenvalue weighted by Gasteiger charge is 2.23. The van der Waals surface area contributed by atoms with E-state index in [1.165, 1.54) is 0 Å². The van der Waals surface area contributed by atoms with Gasteiger partial charge in [-0.2, -0.15) is 0 Å². The Morgan fingerprint density at radius 1 is 1.38 bits per heavy atom. The van der Waals surface area contributed by atoms with E-state index in [0.717, 1.165) is 49.7 Å². The van der Waals surface area contributed by atoms with E-state index in [-0.39, 0.29) is 0 Å². The van der Waals surface area contributed by atoms with Gasteiger partial charge >= 0.3 is 7.60 Å². The molecule has 0 aliphatic heterocycles. The monoisotopic (exact) mass is 316 g/mol. The molecule has 0 aromatic carbocycles. The van der Waals surface area contributed by atoms with Crippen molar-refractivity contribution >= 4 is 7.60 Å². The maximum atomic E-state index is 12.7. The van der Waals surface area contributed by atoms with E-state index in [1.54, 1.807) is 5.82 Å². The van der Waals surface area contributed by atoms with E-state index >= 15 is 0 Å². The third-order valence-corrected chi connectivity index (χ3v) is 5.35. The lowest BCUT2D eigenvalue weighted by molar-refractivity contribution is 0.202. The Balaban J connectivity index is 3.03. The SMILES string of the molecule is CCCC/C(=C\P(=O)(OCC)OCC)C1=CC(O)CCC1. The number of hydrogen-bond acceptors (Lipinski definition) is 4. The molecule has 0 saturated carbocycles. The lowest BCUT2D eigenvalue weighted by atomic mass is 9.90. The normalized spacial score (nSPS) is 20.5. The third-order valence-electron chi connectivity index (χ3n) is 3.48. The molecule has 1 N–H and O–H groups in total. The van der Waals surface area contributed by atoms with E-state index in [0.29, 0.717) is 13.2 Å². The molecule has 0 aromatic heterocycles. The van der Waals surface area contributed by atoms with Gasteiger partial charge in [0.25, 0.3) is 0 Å². The fourth-order valence-corrected chi connectivity index (χ4v) is 4.13. The zero-order valence-corrected chi connectivity index (χ0v) is 14.4. The Labute approximate surface area is 128 Å². The molecule has 1 rings (SSSR count). The molecule has 0 spiro atoms. The number of hydrogen-bond donors (Lipinski definition) is 1. The summed E-state index contributed by atoms with van der Waals surface area (Å²) in [6, 6.07) is 0. The number of allylic oxidation sites excluding steroid dienone is 2. The molecule has 0 saturated heterocycles. The molecule has 1 unspecified atom stereocenters. The standard InChI is InChI=1S/C16H29O4P/c1-4-7-9-15(14-10-8-11-16(17)12-14)13-21(18,19-5-2)20-6-3/h12-13,16-17H,4-11H2,1-3H3/b15-13+. The number of rotatable bonds is 9. The van der Waals surface area contributed by atoms with Crippen molar-refractivity contribution in [2.45, 2.75) is 65.4 Å². The van der Waals surface area contributed by atoms with Gasteiger partial charge in [0.1, 0.15) is 0 Å². The zero-order chi connectivity index (χ0) is 15.7. The third kappa shape index (κ3) is 6.48. The first-order valence-corrected chi connectivity index (χ1v) is 9.65. The number of aliphatic hydroxyl groups is 1. The highest BCUT2D eigenvalue weighted by Crippen LogP contribution is 2.52. The Morgan fingerprint density at radius 3 is 2.57 bits per heavy atom. The molecule has 0 fully saturated rings. The molecule has 0 bridgehead atoms. The fourth-order valence-electron chi connectivity index (χ4n) is 2.51. The van der Waals surface area contributed by atoms with Crippen molar-refractivity contribution in [3.8, 4) is 0 Å². The van der Waals surface area contributed by atoms with E-state index in [2.05, 4.69) is 6.92 Å². The van der Waals surface area contributed by atoms with Gasteiger partial charge in [-0.15, -0.1) is 0 Å². The second-order valence-electron chi connectivity index (χ2n) is 5.28. The van der Waals surface area contributed by atoms with Gasteiger partial charge in [0.15, 0.2) is 0 Å². The van der Waals surface area contributed by atoms with E-state index in [4.69, 9.17) is 9.05 Å². The smallest absolute Gasteiger partial charge is 0.354 e. The van der Waals surface area contributed by atoms with E-state index in [1.807, 2.05) is 19.9 Å². The van der Waals surface area contributed by atoms with Gasteiger partial charge in [-0.25, -0.2) is 0 Å². The van der Waals surface area contributed by atoms with Gasteiger partial charge in [-0.3, -0.25) is 4.57 Å². The van der Waals surface area contributed by atoms with Crippen LogP contribution in [-0.4, -0.2) is 24.4 Å². The number of unbranched alkanes of at least 4 members (excludes halogenated alkanes) is 1. The zero-order valence-electron chi connectivity index (χ0n) is 13.5. The van der Waals surface area contributed by atoms with Crippen LogP contribution < -0.4 is 0 Å². The molecular weight excluding hydrogens is 287 g/mol. The fraction of sp³-hybridized carbons (Fsp3) is 0.750. The summed E-state index contributed by atoms with van der Waals surface area (Å²) in [4.78, 5) is 0. The molecular formula is C16H29O4P. The Morgan fingerprint density at radius 2 is 2.05 bits per heavy atom. The topological polar surface area (TPSA) is 55.8 Å². The summed E-state index contributed by atoms with van der Waals surface area (Å²) in [7, 11) is -3.19. The molecule has 21 heavy (non-hydrogen) atoms. The van der Waals surface area contributed by atoms with Gasteiger partial charge in [-0.05, 0) is 57.1 Å². The van der Waals surface area contributed by atoms with Crippen LogP contribution in [0.2, 0.25) is 0 Å². The Kier molecular flexibility index (Phi) is 8.50. The number of aliphatic hydroxyl groups excluding tert-OH is 1. The van der Waals surface area contributed by atoms with Crippen molar-refractivity contribution in [1.29, 1.82) is 0 Å². The first-order valence-electron chi connectivity index (χ1n) is 8.04. The maximum Gasteiger partial charge on any atom is 0.354 e. The van der Waals surface area contributed by atoms with Gasteiger partial charge in [0, 0.05) is 5.82 Å². The lowest BCUT2D eigenvalue weighted by Gasteiger charge is -2.21. The minimum atomic E-state index is -3.19. The second kappa shape index (κ2) is 9.58. The summed E-state index contributed by atoms with van der Waals surface area (Å²) in [6.07, 6.45) is 7.14. The minimum absolute atomic E-state index is 0.358. The van der Waals surface area contributed by atoms with Crippen LogP contribution in [0.4, 0.5) is 0 Å². The highest BCUT2D eigenvalue weighted by molar-refractivity contribution is 7.57. The minimum Gasteiger partial charge on any atom is -0.389 e.